The minimum absolute atomic E-state index is 0.0792. The number of carbonyl (C=O) groups excluding carboxylic acids is 1. The number of amides is 1. The van der Waals surface area contributed by atoms with Crippen molar-refractivity contribution in [1.29, 1.82) is 0 Å². The van der Waals surface area contributed by atoms with Gasteiger partial charge in [-0.05, 0) is 18.8 Å². The number of carbonyl (C=O) groups is 1. The smallest absolute Gasteiger partial charge is 0.252 e. The van der Waals surface area contributed by atoms with Crippen molar-refractivity contribution in [1.82, 2.24) is 5.32 Å². The van der Waals surface area contributed by atoms with Gasteiger partial charge in [0.1, 0.15) is 0 Å². The van der Waals surface area contributed by atoms with E-state index < -0.39 is 6.10 Å². The summed E-state index contributed by atoms with van der Waals surface area (Å²) in [4.78, 5) is 12.2. The fraction of sp³-hybridized carbons (Fsp3) is 0.923. The lowest BCUT2D eigenvalue weighted by Crippen LogP contribution is -2.56. The van der Waals surface area contributed by atoms with Gasteiger partial charge in [-0.15, -0.1) is 11.6 Å². The number of halogens is 1. The van der Waals surface area contributed by atoms with Crippen LogP contribution in [-0.4, -0.2) is 43.3 Å². The summed E-state index contributed by atoms with van der Waals surface area (Å²) in [6.45, 7) is 3.62. The topological polar surface area (TPSA) is 47.6 Å². The van der Waals surface area contributed by atoms with Gasteiger partial charge < -0.3 is 14.8 Å². The lowest BCUT2D eigenvalue weighted by molar-refractivity contribution is -0.149. The number of alkyl halides is 1. The first-order valence-corrected chi connectivity index (χ1v) is 7.26. The minimum atomic E-state index is -0.476. The fourth-order valence-electron chi connectivity index (χ4n) is 2.91. The molecule has 0 radical (unpaired) electrons. The Morgan fingerprint density at radius 1 is 1.50 bits per heavy atom. The van der Waals surface area contributed by atoms with Gasteiger partial charge >= 0.3 is 0 Å². The number of hydrogen-bond donors (Lipinski definition) is 1. The molecule has 1 amide bonds. The quantitative estimate of drug-likeness (QED) is 0.798. The molecule has 18 heavy (non-hydrogen) atoms. The Morgan fingerprint density at radius 3 is 2.94 bits per heavy atom. The summed E-state index contributed by atoms with van der Waals surface area (Å²) in [5.74, 6) is 1.00. The molecule has 2 fully saturated rings. The van der Waals surface area contributed by atoms with Crippen molar-refractivity contribution in [3.8, 4) is 0 Å². The average molecular weight is 276 g/mol. The molecular formula is C13H22ClNO3. The minimum Gasteiger partial charge on any atom is -0.376 e. The van der Waals surface area contributed by atoms with Crippen molar-refractivity contribution >= 4 is 17.5 Å². The van der Waals surface area contributed by atoms with E-state index in [0.29, 0.717) is 31.6 Å². The second-order valence-electron chi connectivity index (χ2n) is 5.54. The predicted molar refractivity (Wildman–Crippen MR) is 69.8 cm³/mol. The van der Waals surface area contributed by atoms with Crippen molar-refractivity contribution in [2.45, 2.75) is 44.2 Å². The van der Waals surface area contributed by atoms with E-state index in [-0.39, 0.29) is 11.4 Å². The first-order valence-electron chi connectivity index (χ1n) is 6.72. The highest BCUT2D eigenvalue weighted by molar-refractivity contribution is 6.18. The molecule has 0 aromatic carbocycles. The van der Waals surface area contributed by atoms with Gasteiger partial charge in [-0.25, -0.2) is 0 Å². The third-order valence-electron chi connectivity index (χ3n) is 3.84. The van der Waals surface area contributed by atoms with E-state index in [9.17, 15) is 4.79 Å². The summed E-state index contributed by atoms with van der Waals surface area (Å²) in [7, 11) is 0. The zero-order valence-electron chi connectivity index (χ0n) is 10.9. The van der Waals surface area contributed by atoms with Crippen LogP contribution in [0.1, 0.15) is 32.6 Å². The summed E-state index contributed by atoms with van der Waals surface area (Å²) >= 11 is 6.10. The summed E-state index contributed by atoms with van der Waals surface area (Å²) in [5.41, 5.74) is -0.253. The maximum Gasteiger partial charge on any atom is 0.252 e. The van der Waals surface area contributed by atoms with E-state index >= 15 is 0 Å². The van der Waals surface area contributed by atoms with Crippen LogP contribution in [-0.2, 0) is 14.3 Å². The average Bonchev–Trinajstić information content (AvgIpc) is 2.39. The first-order chi connectivity index (χ1) is 8.65. The molecule has 5 heteroatoms. The fourth-order valence-corrected chi connectivity index (χ4v) is 3.22. The third-order valence-corrected chi connectivity index (χ3v) is 4.36. The van der Waals surface area contributed by atoms with Crippen LogP contribution in [0, 0.1) is 5.92 Å². The van der Waals surface area contributed by atoms with E-state index in [1.54, 1.807) is 0 Å². The Labute approximate surface area is 113 Å². The van der Waals surface area contributed by atoms with Gasteiger partial charge in [-0.3, -0.25) is 4.79 Å². The molecule has 0 spiro atoms. The summed E-state index contributed by atoms with van der Waals surface area (Å²) in [6.07, 6.45) is 3.78. The van der Waals surface area contributed by atoms with Gasteiger partial charge in [-0.1, -0.05) is 19.8 Å². The number of ether oxygens (including phenoxy) is 2. The van der Waals surface area contributed by atoms with Crippen LogP contribution in [0.15, 0.2) is 0 Å². The van der Waals surface area contributed by atoms with Gasteiger partial charge in [0.05, 0.1) is 25.4 Å². The van der Waals surface area contributed by atoms with Crippen molar-refractivity contribution in [2.24, 2.45) is 5.92 Å². The van der Waals surface area contributed by atoms with Gasteiger partial charge in [0.2, 0.25) is 0 Å². The molecule has 0 aromatic rings. The molecule has 4 nitrogen and oxygen atoms in total. The van der Waals surface area contributed by atoms with Crippen molar-refractivity contribution in [3.63, 3.8) is 0 Å². The first kappa shape index (κ1) is 14.1. The summed E-state index contributed by atoms with van der Waals surface area (Å²) < 4.78 is 10.7. The molecule has 3 unspecified atom stereocenters. The molecule has 1 aliphatic carbocycles. The van der Waals surface area contributed by atoms with Gasteiger partial charge in [0.15, 0.2) is 6.10 Å². The zero-order valence-corrected chi connectivity index (χ0v) is 11.7. The van der Waals surface area contributed by atoms with Crippen LogP contribution < -0.4 is 5.32 Å². The second-order valence-corrected chi connectivity index (χ2v) is 5.81. The second kappa shape index (κ2) is 6.22. The molecule has 1 N–H and O–H groups in total. The van der Waals surface area contributed by atoms with E-state index in [4.69, 9.17) is 21.1 Å². The molecular weight excluding hydrogens is 254 g/mol. The highest BCUT2D eigenvalue weighted by Crippen LogP contribution is 2.33. The van der Waals surface area contributed by atoms with Gasteiger partial charge in [0.25, 0.3) is 5.91 Å². The predicted octanol–water partition coefficient (Wildman–Crippen LogP) is 1.71. The van der Waals surface area contributed by atoms with Crippen LogP contribution in [0.2, 0.25) is 0 Å². The number of nitrogens with one attached hydrogen (secondary N) is 1. The molecule has 3 atom stereocenters. The Balaban J connectivity index is 1.94. The standard InChI is InChI=1S/C13H22ClNO3/c1-10-3-2-4-13(7-10,9-14)15-12(16)11-8-17-5-6-18-11/h10-11H,2-9H2,1H3,(H,15,16). The maximum atomic E-state index is 12.2. The van der Waals surface area contributed by atoms with Crippen molar-refractivity contribution in [3.05, 3.63) is 0 Å². The van der Waals surface area contributed by atoms with Crippen LogP contribution in [0.25, 0.3) is 0 Å². The molecule has 1 saturated carbocycles. The molecule has 2 rings (SSSR count). The molecule has 0 bridgehead atoms. The van der Waals surface area contributed by atoms with Crippen molar-refractivity contribution in [2.75, 3.05) is 25.7 Å². The lowest BCUT2D eigenvalue weighted by Gasteiger charge is -2.40. The van der Waals surface area contributed by atoms with Crippen LogP contribution in [0.5, 0.6) is 0 Å². The van der Waals surface area contributed by atoms with E-state index in [2.05, 4.69) is 12.2 Å². The van der Waals surface area contributed by atoms with Gasteiger partial charge in [0, 0.05) is 5.88 Å². The number of hydrogen-bond acceptors (Lipinski definition) is 3. The Bertz CT molecular complexity index is 294. The summed E-state index contributed by atoms with van der Waals surface area (Å²) in [5, 5.41) is 3.11. The Morgan fingerprint density at radius 2 is 2.33 bits per heavy atom. The van der Waals surface area contributed by atoms with Gasteiger partial charge in [-0.2, -0.15) is 0 Å². The largest absolute Gasteiger partial charge is 0.376 e. The van der Waals surface area contributed by atoms with Crippen LogP contribution in [0.4, 0.5) is 0 Å². The molecule has 2 aliphatic rings. The summed E-state index contributed by atoms with van der Waals surface area (Å²) in [6, 6.07) is 0. The zero-order chi connectivity index (χ0) is 13.0. The Hall–Kier alpha value is -0.320. The van der Waals surface area contributed by atoms with E-state index in [1.165, 1.54) is 6.42 Å². The molecule has 1 aliphatic heterocycles. The molecule has 1 heterocycles. The number of rotatable bonds is 3. The van der Waals surface area contributed by atoms with Crippen molar-refractivity contribution < 1.29 is 14.3 Å². The van der Waals surface area contributed by atoms with Crippen LogP contribution >= 0.6 is 11.6 Å². The van der Waals surface area contributed by atoms with E-state index in [1.807, 2.05) is 0 Å². The Kier molecular flexibility index (Phi) is 4.87. The molecule has 1 saturated heterocycles. The highest BCUT2D eigenvalue weighted by atomic mass is 35.5. The molecule has 0 aromatic heterocycles. The normalized spacial score (nSPS) is 37.2. The highest BCUT2D eigenvalue weighted by Gasteiger charge is 2.37. The van der Waals surface area contributed by atoms with E-state index in [0.717, 1.165) is 19.3 Å². The molecule has 104 valence electrons. The SMILES string of the molecule is CC1CCCC(CCl)(NC(=O)C2COCCO2)C1. The maximum absolute atomic E-state index is 12.2. The lowest BCUT2D eigenvalue weighted by atomic mass is 9.77. The monoisotopic (exact) mass is 275 g/mol. The third kappa shape index (κ3) is 3.37. The van der Waals surface area contributed by atoms with Crippen LogP contribution in [0.3, 0.4) is 0 Å².